The van der Waals surface area contributed by atoms with Crippen LogP contribution in [0.15, 0.2) is 24.3 Å². The highest BCUT2D eigenvalue weighted by molar-refractivity contribution is 6.30. The summed E-state index contributed by atoms with van der Waals surface area (Å²) in [5.74, 6) is 0.196. The molecule has 3 rings (SSSR count). The van der Waals surface area contributed by atoms with Gasteiger partial charge in [-0.3, -0.25) is 9.69 Å². The molecule has 0 unspecified atom stereocenters. The van der Waals surface area contributed by atoms with Crippen molar-refractivity contribution in [3.63, 3.8) is 0 Å². The number of hydrogen-bond donors (Lipinski definition) is 1. The van der Waals surface area contributed by atoms with Crippen LogP contribution >= 0.6 is 11.6 Å². The molecule has 2 aliphatic rings. The zero-order valence-corrected chi connectivity index (χ0v) is 15.8. The first-order chi connectivity index (χ1) is 12.2. The van der Waals surface area contributed by atoms with E-state index in [4.69, 9.17) is 11.6 Å². The molecule has 1 aromatic rings. The molecule has 0 spiro atoms. The minimum absolute atomic E-state index is 0.196. The SMILES string of the molecule is O=C(CN1CCN(c2cccc(Cl)c2)CC1)NC1CCCCCCC1. The van der Waals surface area contributed by atoms with Crippen molar-refractivity contribution in [1.29, 1.82) is 0 Å². The van der Waals surface area contributed by atoms with E-state index in [1.165, 1.54) is 37.8 Å². The minimum Gasteiger partial charge on any atom is -0.369 e. The van der Waals surface area contributed by atoms with Crippen LogP contribution in [-0.4, -0.2) is 49.6 Å². The van der Waals surface area contributed by atoms with E-state index in [-0.39, 0.29) is 5.91 Å². The van der Waals surface area contributed by atoms with Gasteiger partial charge in [0, 0.05) is 42.9 Å². The van der Waals surface area contributed by atoms with Crippen molar-refractivity contribution in [2.24, 2.45) is 0 Å². The predicted octanol–water partition coefficient (Wildman–Crippen LogP) is 3.69. The first-order valence-electron chi connectivity index (χ1n) is 9.73. The molecule has 4 nitrogen and oxygen atoms in total. The second kappa shape index (κ2) is 9.44. The maximum Gasteiger partial charge on any atom is 0.234 e. The number of nitrogens with zero attached hydrogens (tertiary/aromatic N) is 2. The van der Waals surface area contributed by atoms with Gasteiger partial charge in [-0.2, -0.15) is 0 Å². The topological polar surface area (TPSA) is 35.6 Å². The van der Waals surface area contributed by atoms with Crippen LogP contribution in [0, 0.1) is 0 Å². The van der Waals surface area contributed by atoms with E-state index in [1.807, 2.05) is 18.2 Å². The van der Waals surface area contributed by atoms with Crippen LogP contribution in [-0.2, 0) is 4.79 Å². The molecule has 1 saturated heterocycles. The molecule has 138 valence electrons. The van der Waals surface area contributed by atoms with Crippen molar-refractivity contribution in [1.82, 2.24) is 10.2 Å². The molecule has 1 aromatic carbocycles. The summed E-state index contributed by atoms with van der Waals surface area (Å²) >= 11 is 6.09. The Morgan fingerprint density at radius 3 is 2.40 bits per heavy atom. The van der Waals surface area contributed by atoms with Crippen molar-refractivity contribution in [3.05, 3.63) is 29.3 Å². The van der Waals surface area contributed by atoms with Crippen LogP contribution in [0.5, 0.6) is 0 Å². The van der Waals surface area contributed by atoms with E-state index in [9.17, 15) is 4.79 Å². The Morgan fingerprint density at radius 2 is 1.72 bits per heavy atom. The van der Waals surface area contributed by atoms with Gasteiger partial charge in [0.2, 0.25) is 5.91 Å². The fourth-order valence-corrected chi connectivity index (χ4v) is 4.10. The van der Waals surface area contributed by atoms with Crippen molar-refractivity contribution in [2.45, 2.75) is 51.0 Å². The Morgan fingerprint density at radius 1 is 1.04 bits per heavy atom. The number of amides is 1. The lowest BCUT2D eigenvalue weighted by molar-refractivity contribution is -0.123. The molecular weight excluding hydrogens is 334 g/mol. The highest BCUT2D eigenvalue weighted by Gasteiger charge is 2.21. The molecule has 5 heteroatoms. The summed E-state index contributed by atoms with van der Waals surface area (Å²) in [5.41, 5.74) is 1.17. The van der Waals surface area contributed by atoms with Gasteiger partial charge in [0.05, 0.1) is 6.54 Å². The average Bonchev–Trinajstić information content (AvgIpc) is 2.58. The van der Waals surface area contributed by atoms with Crippen LogP contribution < -0.4 is 10.2 Å². The second-order valence-electron chi connectivity index (χ2n) is 7.35. The number of benzene rings is 1. The Hall–Kier alpha value is -1.26. The lowest BCUT2D eigenvalue weighted by atomic mass is 9.97. The van der Waals surface area contributed by atoms with Gasteiger partial charge in [0.15, 0.2) is 0 Å². The molecule has 1 N–H and O–H groups in total. The van der Waals surface area contributed by atoms with Gasteiger partial charge in [-0.15, -0.1) is 0 Å². The molecule has 1 heterocycles. The van der Waals surface area contributed by atoms with Gasteiger partial charge in [-0.1, -0.05) is 49.8 Å². The van der Waals surface area contributed by atoms with Crippen LogP contribution in [0.1, 0.15) is 44.9 Å². The molecule has 25 heavy (non-hydrogen) atoms. The number of hydrogen-bond acceptors (Lipinski definition) is 3. The molecule has 1 amide bonds. The number of halogens is 1. The second-order valence-corrected chi connectivity index (χ2v) is 7.79. The van der Waals surface area contributed by atoms with Crippen LogP contribution in [0.4, 0.5) is 5.69 Å². The van der Waals surface area contributed by atoms with Gasteiger partial charge in [0.1, 0.15) is 0 Å². The van der Waals surface area contributed by atoms with Crippen LogP contribution in [0.3, 0.4) is 0 Å². The molecule has 2 fully saturated rings. The summed E-state index contributed by atoms with van der Waals surface area (Å²) in [4.78, 5) is 17.0. The first-order valence-corrected chi connectivity index (χ1v) is 10.1. The quantitative estimate of drug-likeness (QED) is 0.886. The van der Waals surface area contributed by atoms with E-state index in [2.05, 4.69) is 21.2 Å². The molecule has 0 aromatic heterocycles. The monoisotopic (exact) mass is 363 g/mol. The highest BCUT2D eigenvalue weighted by atomic mass is 35.5. The summed E-state index contributed by atoms with van der Waals surface area (Å²) < 4.78 is 0. The van der Waals surface area contributed by atoms with Gasteiger partial charge in [0.25, 0.3) is 0 Å². The molecule has 0 bridgehead atoms. The minimum atomic E-state index is 0.196. The predicted molar refractivity (Wildman–Crippen MR) is 104 cm³/mol. The van der Waals surface area contributed by atoms with Gasteiger partial charge in [-0.25, -0.2) is 0 Å². The van der Waals surface area contributed by atoms with Crippen molar-refractivity contribution in [2.75, 3.05) is 37.6 Å². The normalized spacial score (nSPS) is 20.8. The third kappa shape index (κ3) is 5.89. The summed E-state index contributed by atoms with van der Waals surface area (Å²) in [5, 5.41) is 4.05. The summed E-state index contributed by atoms with van der Waals surface area (Å²) in [6.07, 6.45) is 8.79. The zero-order valence-electron chi connectivity index (χ0n) is 15.1. The lowest BCUT2D eigenvalue weighted by Gasteiger charge is -2.36. The Bertz CT molecular complexity index is 550. The Kier molecular flexibility index (Phi) is 7.00. The smallest absolute Gasteiger partial charge is 0.234 e. The van der Waals surface area contributed by atoms with E-state index >= 15 is 0 Å². The van der Waals surface area contributed by atoms with E-state index in [0.29, 0.717) is 12.6 Å². The molecule has 0 atom stereocenters. The highest BCUT2D eigenvalue weighted by Crippen LogP contribution is 2.21. The van der Waals surface area contributed by atoms with E-state index in [0.717, 1.165) is 44.0 Å². The van der Waals surface area contributed by atoms with Crippen LogP contribution in [0.25, 0.3) is 0 Å². The largest absolute Gasteiger partial charge is 0.369 e. The van der Waals surface area contributed by atoms with Crippen molar-refractivity contribution >= 4 is 23.2 Å². The third-order valence-corrected chi connectivity index (χ3v) is 5.62. The number of piperazine rings is 1. The van der Waals surface area contributed by atoms with Gasteiger partial charge >= 0.3 is 0 Å². The van der Waals surface area contributed by atoms with E-state index < -0.39 is 0 Å². The fourth-order valence-electron chi connectivity index (χ4n) is 3.91. The first kappa shape index (κ1) is 18.5. The summed E-state index contributed by atoms with van der Waals surface area (Å²) in [7, 11) is 0. The fraction of sp³-hybridized carbons (Fsp3) is 0.650. The number of rotatable bonds is 4. The van der Waals surface area contributed by atoms with Crippen LogP contribution in [0.2, 0.25) is 5.02 Å². The van der Waals surface area contributed by atoms with Crippen molar-refractivity contribution < 1.29 is 4.79 Å². The van der Waals surface area contributed by atoms with E-state index in [1.54, 1.807) is 0 Å². The number of nitrogens with one attached hydrogen (secondary N) is 1. The average molecular weight is 364 g/mol. The molecule has 1 aliphatic heterocycles. The van der Waals surface area contributed by atoms with Gasteiger partial charge in [-0.05, 0) is 31.0 Å². The molecule has 0 radical (unpaired) electrons. The maximum absolute atomic E-state index is 12.4. The zero-order chi connectivity index (χ0) is 17.5. The summed E-state index contributed by atoms with van der Waals surface area (Å²) in [6.45, 7) is 4.25. The Balaban J connectivity index is 1.41. The lowest BCUT2D eigenvalue weighted by Crippen LogP contribution is -2.50. The molecule has 1 saturated carbocycles. The third-order valence-electron chi connectivity index (χ3n) is 5.38. The number of anilines is 1. The number of carbonyl (C=O) groups excluding carboxylic acids is 1. The standard InChI is InChI=1S/C20H30ClN3O/c21-17-7-6-10-19(15-17)24-13-11-23(12-14-24)16-20(25)22-18-8-4-2-1-3-5-9-18/h6-7,10,15,18H,1-5,8-9,11-14,16H2,(H,22,25). The number of carbonyl (C=O) groups is 1. The van der Waals surface area contributed by atoms with Crippen molar-refractivity contribution in [3.8, 4) is 0 Å². The maximum atomic E-state index is 12.4. The Labute approximate surface area is 156 Å². The summed E-state index contributed by atoms with van der Waals surface area (Å²) in [6, 6.07) is 8.40. The molecule has 1 aliphatic carbocycles. The molecular formula is C20H30ClN3O. The van der Waals surface area contributed by atoms with Gasteiger partial charge < -0.3 is 10.2 Å².